The lowest BCUT2D eigenvalue weighted by Crippen LogP contribution is -2.36. The zero-order valence-corrected chi connectivity index (χ0v) is 15.6. The first kappa shape index (κ1) is 18.3. The summed E-state index contributed by atoms with van der Waals surface area (Å²) >= 11 is 0. The van der Waals surface area contributed by atoms with E-state index in [0.29, 0.717) is 37.5 Å². The molecule has 0 aromatic heterocycles. The van der Waals surface area contributed by atoms with Crippen LogP contribution in [-0.4, -0.2) is 44.7 Å². The highest BCUT2D eigenvalue weighted by molar-refractivity contribution is 5.96. The van der Waals surface area contributed by atoms with Crippen molar-refractivity contribution in [3.8, 4) is 5.75 Å². The highest BCUT2D eigenvalue weighted by Crippen LogP contribution is 2.29. The molecule has 4 rings (SSSR count). The van der Waals surface area contributed by atoms with Crippen LogP contribution in [0.4, 0.5) is 17.1 Å². The zero-order valence-electron chi connectivity index (χ0n) is 15.6. The van der Waals surface area contributed by atoms with Crippen LogP contribution >= 0.6 is 0 Å². The maximum Gasteiger partial charge on any atom is 0.262 e. The quantitative estimate of drug-likeness (QED) is 0.832. The van der Waals surface area contributed by atoms with E-state index in [1.165, 1.54) is 0 Å². The molecule has 0 saturated carbocycles. The number of amides is 2. The van der Waals surface area contributed by atoms with Crippen LogP contribution in [0.3, 0.4) is 0 Å². The number of ether oxygens (including phenoxy) is 2. The largest absolute Gasteiger partial charge is 0.482 e. The number of hydrogen-bond donors (Lipinski definition) is 2. The van der Waals surface area contributed by atoms with Gasteiger partial charge in [-0.05, 0) is 36.2 Å². The molecule has 0 aliphatic carbocycles. The van der Waals surface area contributed by atoms with E-state index in [1.54, 1.807) is 0 Å². The van der Waals surface area contributed by atoms with Gasteiger partial charge >= 0.3 is 0 Å². The second-order valence-corrected chi connectivity index (χ2v) is 6.83. The van der Waals surface area contributed by atoms with E-state index < -0.39 is 0 Å². The van der Waals surface area contributed by atoms with Crippen molar-refractivity contribution in [2.45, 2.75) is 12.8 Å². The lowest BCUT2D eigenvalue weighted by Gasteiger charge is -2.30. The Kier molecular flexibility index (Phi) is 5.43. The first-order valence-corrected chi connectivity index (χ1v) is 9.46. The van der Waals surface area contributed by atoms with E-state index in [9.17, 15) is 9.59 Å². The number of morpholine rings is 1. The molecular weight excluding hydrogens is 358 g/mol. The number of aryl methyl sites for hydroxylation is 1. The molecule has 28 heavy (non-hydrogen) atoms. The second-order valence-electron chi connectivity index (χ2n) is 6.83. The van der Waals surface area contributed by atoms with E-state index in [-0.39, 0.29) is 18.4 Å². The van der Waals surface area contributed by atoms with E-state index in [0.717, 1.165) is 30.0 Å². The fourth-order valence-electron chi connectivity index (χ4n) is 3.42. The van der Waals surface area contributed by atoms with E-state index in [2.05, 4.69) is 15.5 Å². The van der Waals surface area contributed by atoms with Crippen molar-refractivity contribution in [2.75, 3.05) is 48.4 Å². The van der Waals surface area contributed by atoms with Crippen LogP contribution in [0.1, 0.15) is 12.0 Å². The topological polar surface area (TPSA) is 79.9 Å². The minimum absolute atomic E-state index is 0.0390. The Morgan fingerprint density at radius 2 is 1.96 bits per heavy atom. The van der Waals surface area contributed by atoms with Gasteiger partial charge in [0.2, 0.25) is 5.91 Å². The van der Waals surface area contributed by atoms with Crippen molar-refractivity contribution >= 4 is 28.9 Å². The highest BCUT2D eigenvalue weighted by atomic mass is 16.5. The number of rotatable bonds is 5. The molecule has 2 aromatic carbocycles. The molecular formula is C21H23N3O4. The normalized spacial score (nSPS) is 16.0. The third-order valence-corrected chi connectivity index (χ3v) is 4.85. The standard InChI is InChI=1S/C21H23N3O4/c25-20(8-6-15-5-7-19-17(13-15)23-21(26)14-28-19)22-16-3-1-2-4-18(16)24-9-11-27-12-10-24/h1-5,7,13H,6,8-12,14H2,(H,22,25)(H,23,26). The predicted octanol–water partition coefficient (Wildman–Crippen LogP) is 2.43. The SMILES string of the molecule is O=C1COc2ccc(CCC(=O)Nc3ccccc3N3CCOCC3)cc2N1. The predicted molar refractivity (Wildman–Crippen MR) is 107 cm³/mol. The van der Waals surface area contributed by atoms with Gasteiger partial charge in [0.1, 0.15) is 5.75 Å². The van der Waals surface area contributed by atoms with Gasteiger partial charge in [-0.3, -0.25) is 9.59 Å². The zero-order chi connectivity index (χ0) is 19.3. The van der Waals surface area contributed by atoms with E-state index >= 15 is 0 Å². The molecule has 2 amide bonds. The molecule has 2 aromatic rings. The fraction of sp³-hybridized carbons (Fsp3) is 0.333. The third-order valence-electron chi connectivity index (χ3n) is 4.85. The van der Waals surface area contributed by atoms with Gasteiger partial charge in [0, 0.05) is 19.5 Å². The summed E-state index contributed by atoms with van der Waals surface area (Å²) in [6.45, 7) is 3.06. The maximum atomic E-state index is 12.5. The van der Waals surface area contributed by atoms with Crippen LogP contribution in [0.25, 0.3) is 0 Å². The smallest absolute Gasteiger partial charge is 0.262 e. The average Bonchev–Trinajstić information content (AvgIpc) is 2.73. The van der Waals surface area contributed by atoms with Gasteiger partial charge in [0.15, 0.2) is 6.61 Å². The summed E-state index contributed by atoms with van der Waals surface area (Å²) in [5, 5.41) is 5.82. The van der Waals surface area contributed by atoms with Crippen molar-refractivity contribution in [3.63, 3.8) is 0 Å². The summed E-state index contributed by atoms with van der Waals surface area (Å²) in [4.78, 5) is 26.2. The monoisotopic (exact) mass is 381 g/mol. The number of para-hydroxylation sites is 2. The molecule has 0 spiro atoms. The second kappa shape index (κ2) is 8.31. The summed E-state index contributed by atoms with van der Waals surface area (Å²) in [7, 11) is 0. The molecule has 7 heteroatoms. The summed E-state index contributed by atoms with van der Waals surface area (Å²) in [5.41, 5.74) is 3.47. The molecule has 2 N–H and O–H groups in total. The molecule has 0 unspecified atom stereocenters. The summed E-state index contributed by atoms with van der Waals surface area (Å²) < 4.78 is 10.8. The number of nitrogens with zero attached hydrogens (tertiary/aromatic N) is 1. The Morgan fingerprint density at radius 3 is 2.82 bits per heavy atom. The van der Waals surface area contributed by atoms with Crippen LogP contribution < -0.4 is 20.3 Å². The van der Waals surface area contributed by atoms with Gasteiger partial charge in [-0.2, -0.15) is 0 Å². The van der Waals surface area contributed by atoms with Gasteiger partial charge in [-0.1, -0.05) is 18.2 Å². The minimum Gasteiger partial charge on any atom is -0.482 e. The van der Waals surface area contributed by atoms with Crippen LogP contribution in [-0.2, 0) is 20.7 Å². The number of benzene rings is 2. The number of anilines is 3. The Labute approximate surface area is 163 Å². The molecule has 1 saturated heterocycles. The minimum atomic E-state index is -0.165. The summed E-state index contributed by atoms with van der Waals surface area (Å²) in [5.74, 6) is 0.452. The van der Waals surface area contributed by atoms with Crippen molar-refractivity contribution in [2.24, 2.45) is 0 Å². The Hall–Kier alpha value is -3.06. The first-order valence-electron chi connectivity index (χ1n) is 9.46. The van der Waals surface area contributed by atoms with E-state index in [4.69, 9.17) is 9.47 Å². The molecule has 0 atom stereocenters. The number of carbonyl (C=O) groups is 2. The molecule has 7 nitrogen and oxygen atoms in total. The average molecular weight is 381 g/mol. The number of fused-ring (bicyclic) bond motifs is 1. The van der Waals surface area contributed by atoms with Gasteiger partial charge < -0.3 is 25.0 Å². The van der Waals surface area contributed by atoms with Gasteiger partial charge in [0.25, 0.3) is 5.91 Å². The summed E-state index contributed by atoms with van der Waals surface area (Å²) in [6.07, 6.45) is 0.930. The first-order chi connectivity index (χ1) is 13.7. The van der Waals surface area contributed by atoms with Crippen molar-refractivity contribution < 1.29 is 19.1 Å². The number of hydrogen-bond acceptors (Lipinski definition) is 5. The molecule has 2 aliphatic heterocycles. The Morgan fingerprint density at radius 1 is 1.14 bits per heavy atom. The lowest BCUT2D eigenvalue weighted by molar-refractivity contribution is -0.118. The summed E-state index contributed by atoms with van der Waals surface area (Å²) in [6, 6.07) is 13.5. The highest BCUT2D eigenvalue weighted by Gasteiger charge is 2.17. The van der Waals surface area contributed by atoms with E-state index in [1.807, 2.05) is 42.5 Å². The third kappa shape index (κ3) is 4.26. The molecule has 0 radical (unpaired) electrons. The van der Waals surface area contributed by atoms with Crippen LogP contribution in [0.2, 0.25) is 0 Å². The molecule has 2 aliphatic rings. The number of carbonyl (C=O) groups excluding carboxylic acids is 2. The molecule has 1 fully saturated rings. The van der Waals surface area contributed by atoms with Crippen molar-refractivity contribution in [1.29, 1.82) is 0 Å². The van der Waals surface area contributed by atoms with Crippen molar-refractivity contribution in [1.82, 2.24) is 0 Å². The molecule has 0 bridgehead atoms. The lowest BCUT2D eigenvalue weighted by atomic mass is 10.1. The van der Waals surface area contributed by atoms with Gasteiger partial charge in [0.05, 0.1) is 30.3 Å². The number of nitrogens with one attached hydrogen (secondary N) is 2. The Balaban J connectivity index is 1.38. The molecule has 2 heterocycles. The fourth-order valence-corrected chi connectivity index (χ4v) is 3.42. The van der Waals surface area contributed by atoms with Crippen molar-refractivity contribution in [3.05, 3.63) is 48.0 Å². The van der Waals surface area contributed by atoms with Crippen LogP contribution in [0, 0.1) is 0 Å². The van der Waals surface area contributed by atoms with Gasteiger partial charge in [-0.25, -0.2) is 0 Å². The Bertz CT molecular complexity index is 878. The van der Waals surface area contributed by atoms with Gasteiger partial charge in [-0.15, -0.1) is 0 Å². The molecule has 146 valence electrons. The van der Waals surface area contributed by atoms with Crippen LogP contribution in [0.5, 0.6) is 5.75 Å². The maximum absolute atomic E-state index is 12.5. The van der Waals surface area contributed by atoms with Crippen LogP contribution in [0.15, 0.2) is 42.5 Å².